The summed E-state index contributed by atoms with van der Waals surface area (Å²) in [5.41, 5.74) is 5.80. The smallest absolute Gasteiger partial charge is 0.326 e. The molecule has 0 aliphatic rings. The van der Waals surface area contributed by atoms with Gasteiger partial charge in [0.1, 0.15) is 5.69 Å². The molecule has 0 radical (unpaired) electrons. The average molecular weight is 349 g/mol. The summed E-state index contributed by atoms with van der Waals surface area (Å²) in [6.45, 7) is 0. The van der Waals surface area contributed by atoms with Gasteiger partial charge in [-0.05, 0) is 30.3 Å². The number of hydrogen-bond donors (Lipinski definition) is 2. The molecule has 2 aromatic heterocycles. The van der Waals surface area contributed by atoms with E-state index in [0.29, 0.717) is 5.69 Å². The number of nitrogens with zero attached hydrogens (tertiary/aromatic N) is 3. The lowest BCUT2D eigenvalue weighted by atomic mass is 10.2. The van der Waals surface area contributed by atoms with E-state index in [4.69, 9.17) is 0 Å². The number of rotatable bonds is 3. The molecule has 25 heavy (non-hydrogen) atoms. The maximum atomic E-state index is 12.4. The van der Waals surface area contributed by atoms with Crippen LogP contribution in [-0.4, -0.2) is 28.0 Å². The molecule has 4 rings (SSSR count). The third-order valence-electron chi connectivity index (χ3n) is 3.86. The molecule has 6 nitrogen and oxygen atoms in total. The first-order valence-electron chi connectivity index (χ1n) is 7.69. The van der Waals surface area contributed by atoms with Crippen LogP contribution in [0.4, 0.5) is 16.2 Å². The van der Waals surface area contributed by atoms with Gasteiger partial charge in [-0.25, -0.2) is 14.8 Å². The normalized spacial score (nSPS) is 10.8. The lowest BCUT2D eigenvalue weighted by Crippen LogP contribution is -2.31. The summed E-state index contributed by atoms with van der Waals surface area (Å²) in [4.78, 5) is 26.0. The van der Waals surface area contributed by atoms with E-state index < -0.39 is 0 Å². The number of aromatic amines is 1. The Morgan fingerprint density at radius 2 is 2.04 bits per heavy atom. The molecule has 0 fully saturated rings. The third kappa shape index (κ3) is 3.09. The Kier molecular flexibility index (Phi) is 3.91. The molecule has 0 aliphatic carbocycles. The van der Waals surface area contributed by atoms with E-state index in [1.54, 1.807) is 17.5 Å². The Morgan fingerprint density at radius 3 is 2.80 bits per heavy atom. The molecule has 0 bridgehead atoms. The van der Waals surface area contributed by atoms with Gasteiger partial charge in [-0.15, -0.1) is 11.3 Å². The zero-order valence-electron chi connectivity index (χ0n) is 13.4. The molecule has 0 unspecified atom stereocenters. The lowest BCUT2D eigenvalue weighted by molar-refractivity contribution is 0.258. The molecule has 0 spiro atoms. The number of aromatic nitrogens is 3. The molecule has 0 aliphatic heterocycles. The summed E-state index contributed by atoms with van der Waals surface area (Å²) in [5, 5.41) is 4.84. The number of imidazole rings is 1. The van der Waals surface area contributed by atoms with Gasteiger partial charge in [-0.2, -0.15) is 0 Å². The highest BCUT2D eigenvalue weighted by atomic mass is 32.1. The molecule has 2 aromatic carbocycles. The van der Waals surface area contributed by atoms with Gasteiger partial charge in [0.05, 0.1) is 16.5 Å². The first-order chi connectivity index (χ1) is 12.2. The van der Waals surface area contributed by atoms with Crippen LogP contribution >= 0.6 is 11.3 Å². The van der Waals surface area contributed by atoms with E-state index in [-0.39, 0.29) is 6.03 Å². The van der Waals surface area contributed by atoms with Gasteiger partial charge in [-0.3, -0.25) is 4.90 Å². The second kappa shape index (κ2) is 6.37. The van der Waals surface area contributed by atoms with Crippen molar-refractivity contribution >= 4 is 39.8 Å². The molecule has 0 saturated carbocycles. The Hall–Kier alpha value is -3.19. The van der Waals surface area contributed by atoms with Crippen molar-refractivity contribution in [2.24, 2.45) is 0 Å². The molecule has 7 heteroatoms. The van der Waals surface area contributed by atoms with Crippen molar-refractivity contribution in [2.45, 2.75) is 0 Å². The number of H-pyrrole nitrogens is 1. The minimum Gasteiger partial charge on any atom is -0.337 e. The monoisotopic (exact) mass is 349 g/mol. The van der Waals surface area contributed by atoms with Gasteiger partial charge in [0.2, 0.25) is 0 Å². The highest BCUT2D eigenvalue weighted by molar-refractivity contribution is 7.07. The van der Waals surface area contributed by atoms with Crippen LogP contribution in [0.15, 0.2) is 59.4 Å². The lowest BCUT2D eigenvalue weighted by Gasteiger charge is -2.18. The molecule has 0 saturated heterocycles. The Balaban J connectivity index is 1.56. The second-order valence-corrected chi connectivity index (χ2v) is 6.23. The Labute approximate surface area is 148 Å². The number of para-hydroxylation sites is 1. The van der Waals surface area contributed by atoms with Crippen LogP contribution in [0.1, 0.15) is 0 Å². The maximum Gasteiger partial charge on any atom is 0.326 e. The van der Waals surface area contributed by atoms with Gasteiger partial charge in [0.25, 0.3) is 0 Å². The second-order valence-electron chi connectivity index (χ2n) is 5.52. The van der Waals surface area contributed by atoms with Crippen molar-refractivity contribution in [2.75, 3.05) is 17.3 Å². The number of carbonyl (C=O) groups is 1. The van der Waals surface area contributed by atoms with E-state index in [0.717, 1.165) is 28.2 Å². The Bertz CT molecular complexity index is 1010. The third-order valence-corrected chi connectivity index (χ3v) is 4.44. The van der Waals surface area contributed by atoms with Crippen molar-refractivity contribution in [3.63, 3.8) is 0 Å². The first kappa shape index (κ1) is 15.3. The number of nitrogens with one attached hydrogen (secondary N) is 2. The van der Waals surface area contributed by atoms with Crippen LogP contribution in [-0.2, 0) is 0 Å². The van der Waals surface area contributed by atoms with Gasteiger partial charge >= 0.3 is 6.03 Å². The molecule has 4 aromatic rings. The van der Waals surface area contributed by atoms with Crippen LogP contribution in [0.5, 0.6) is 0 Å². The molecule has 2 N–H and O–H groups in total. The van der Waals surface area contributed by atoms with Crippen molar-refractivity contribution in [3.05, 3.63) is 59.4 Å². The van der Waals surface area contributed by atoms with Crippen molar-refractivity contribution < 1.29 is 4.79 Å². The number of anilines is 2. The van der Waals surface area contributed by atoms with Crippen LogP contribution < -0.4 is 10.2 Å². The molecule has 124 valence electrons. The summed E-state index contributed by atoms with van der Waals surface area (Å²) >= 11 is 1.52. The number of hydrogen-bond acceptors (Lipinski definition) is 4. The van der Waals surface area contributed by atoms with E-state index >= 15 is 0 Å². The fraction of sp³-hybridized carbons (Fsp3) is 0.0556. The summed E-state index contributed by atoms with van der Waals surface area (Å²) in [6, 6.07) is 14.9. The van der Waals surface area contributed by atoms with Crippen LogP contribution in [0.3, 0.4) is 0 Å². The number of urea groups is 1. The van der Waals surface area contributed by atoms with Crippen LogP contribution in [0.25, 0.3) is 22.6 Å². The number of fused-ring (bicyclic) bond motifs is 1. The summed E-state index contributed by atoms with van der Waals surface area (Å²) in [7, 11) is 1.74. The fourth-order valence-electron chi connectivity index (χ4n) is 2.51. The quantitative estimate of drug-likeness (QED) is 0.577. The highest BCUT2D eigenvalue weighted by Crippen LogP contribution is 2.23. The zero-order chi connectivity index (χ0) is 17.2. The number of amides is 2. The van der Waals surface area contributed by atoms with E-state index in [2.05, 4.69) is 20.3 Å². The van der Waals surface area contributed by atoms with Crippen molar-refractivity contribution in [1.82, 2.24) is 15.0 Å². The van der Waals surface area contributed by atoms with Gasteiger partial charge in [0.15, 0.2) is 5.82 Å². The van der Waals surface area contributed by atoms with Gasteiger partial charge < -0.3 is 10.3 Å². The minimum absolute atomic E-state index is 0.204. The van der Waals surface area contributed by atoms with Crippen LogP contribution in [0.2, 0.25) is 0 Å². The summed E-state index contributed by atoms with van der Waals surface area (Å²) < 4.78 is 0. The van der Waals surface area contributed by atoms with Crippen molar-refractivity contribution in [1.29, 1.82) is 0 Å². The van der Waals surface area contributed by atoms with Gasteiger partial charge in [-0.1, -0.05) is 18.2 Å². The molecule has 2 amide bonds. The van der Waals surface area contributed by atoms with E-state index in [9.17, 15) is 4.79 Å². The summed E-state index contributed by atoms with van der Waals surface area (Å²) in [5.74, 6) is 0.723. The van der Waals surface area contributed by atoms with Crippen molar-refractivity contribution in [3.8, 4) is 11.5 Å². The van der Waals surface area contributed by atoms with E-state index in [1.807, 2.05) is 53.9 Å². The number of benzene rings is 2. The molecular formula is C18H15N5OS. The topological polar surface area (TPSA) is 73.9 Å². The SMILES string of the molecule is CN(C(=O)Nc1ccc2nc(-c3cscn3)[nH]c2c1)c1ccccc1. The van der Waals surface area contributed by atoms with E-state index in [1.165, 1.54) is 11.3 Å². The standard InChI is InChI=1S/C18H15N5OS/c1-23(13-5-3-2-4-6-13)18(24)20-12-7-8-14-15(9-12)22-17(21-14)16-10-25-11-19-16/h2-11H,1H3,(H,20,24)(H,21,22). The average Bonchev–Trinajstić information content (AvgIpc) is 3.30. The molecule has 2 heterocycles. The minimum atomic E-state index is -0.204. The molecular weight excluding hydrogens is 334 g/mol. The number of carbonyl (C=O) groups excluding carboxylic acids is 1. The zero-order valence-corrected chi connectivity index (χ0v) is 14.2. The number of thiazole rings is 1. The predicted octanol–water partition coefficient (Wildman–Crippen LogP) is 4.35. The molecule has 0 atom stereocenters. The largest absolute Gasteiger partial charge is 0.337 e. The highest BCUT2D eigenvalue weighted by Gasteiger charge is 2.12. The predicted molar refractivity (Wildman–Crippen MR) is 101 cm³/mol. The maximum absolute atomic E-state index is 12.4. The fourth-order valence-corrected chi connectivity index (χ4v) is 3.05. The Morgan fingerprint density at radius 1 is 1.20 bits per heavy atom. The van der Waals surface area contributed by atoms with Crippen LogP contribution in [0, 0.1) is 0 Å². The summed E-state index contributed by atoms with van der Waals surface area (Å²) in [6.07, 6.45) is 0. The first-order valence-corrected chi connectivity index (χ1v) is 8.63. The van der Waals surface area contributed by atoms with Gasteiger partial charge in [0, 0.05) is 23.8 Å².